The molecule has 1 aliphatic heterocycles. The van der Waals surface area contributed by atoms with Crippen molar-refractivity contribution in [3.63, 3.8) is 0 Å². The van der Waals surface area contributed by atoms with Crippen LogP contribution in [0.5, 0.6) is 0 Å². The van der Waals surface area contributed by atoms with Gasteiger partial charge in [0.1, 0.15) is 0 Å². The molecule has 2 nitrogen and oxygen atoms in total. The van der Waals surface area contributed by atoms with Crippen molar-refractivity contribution in [1.29, 1.82) is 0 Å². The van der Waals surface area contributed by atoms with Crippen LogP contribution >= 0.6 is 0 Å². The molecule has 2 aliphatic rings. The van der Waals surface area contributed by atoms with Gasteiger partial charge in [0.15, 0.2) is 0 Å². The molecule has 1 saturated heterocycles. The Hall–Kier alpha value is -1.93. The lowest BCUT2D eigenvalue weighted by Gasteiger charge is -2.28. The Kier molecular flexibility index (Phi) is 3.12. The molecule has 21 heavy (non-hydrogen) atoms. The molecule has 106 valence electrons. The zero-order valence-electron chi connectivity index (χ0n) is 12.4. The average molecular weight is 276 g/mol. The maximum atomic E-state index is 4.61. The Labute approximate surface area is 126 Å². The Balaban J connectivity index is 1.81. The monoisotopic (exact) mass is 276 g/mol. The minimum Gasteiger partial charge on any atom is -0.306 e. The van der Waals surface area contributed by atoms with Crippen molar-refractivity contribution in [2.75, 3.05) is 20.1 Å². The molecule has 0 amide bonds. The Bertz CT molecular complexity index is 655. The number of nitrogens with zero attached hydrogens (tertiary/aromatic N) is 2. The van der Waals surface area contributed by atoms with E-state index >= 15 is 0 Å². The van der Waals surface area contributed by atoms with E-state index < -0.39 is 0 Å². The second-order valence-corrected chi connectivity index (χ2v) is 6.19. The van der Waals surface area contributed by atoms with Gasteiger partial charge in [-0.05, 0) is 49.6 Å². The van der Waals surface area contributed by atoms with Gasteiger partial charge < -0.3 is 4.90 Å². The van der Waals surface area contributed by atoms with Gasteiger partial charge in [-0.15, -0.1) is 0 Å². The molecule has 0 bridgehead atoms. The third-order valence-electron chi connectivity index (χ3n) is 4.63. The fourth-order valence-electron chi connectivity index (χ4n) is 3.66. The molecule has 2 heterocycles. The van der Waals surface area contributed by atoms with Crippen molar-refractivity contribution >= 4 is 5.57 Å². The second-order valence-electron chi connectivity index (χ2n) is 6.19. The van der Waals surface area contributed by atoms with Gasteiger partial charge >= 0.3 is 0 Å². The van der Waals surface area contributed by atoms with Gasteiger partial charge in [-0.2, -0.15) is 0 Å². The smallest absolute Gasteiger partial charge is 0.0786 e. The molecule has 1 aliphatic carbocycles. The molecule has 1 aromatic carbocycles. The van der Waals surface area contributed by atoms with E-state index in [0.717, 1.165) is 5.69 Å². The maximum Gasteiger partial charge on any atom is 0.0786 e. The predicted molar refractivity (Wildman–Crippen MR) is 87.0 cm³/mol. The summed E-state index contributed by atoms with van der Waals surface area (Å²) in [7, 11) is 2.22. The summed E-state index contributed by atoms with van der Waals surface area (Å²) in [5.41, 5.74) is 6.45. The molecule has 4 rings (SSSR count). The minimum absolute atomic E-state index is 0.651. The number of hydrogen-bond donors (Lipinski definition) is 0. The van der Waals surface area contributed by atoms with Gasteiger partial charge in [0.05, 0.1) is 5.69 Å². The first kappa shape index (κ1) is 12.8. The molecular weight excluding hydrogens is 256 g/mol. The van der Waals surface area contributed by atoms with E-state index in [9.17, 15) is 0 Å². The molecular formula is C19H20N2. The predicted octanol–water partition coefficient (Wildman–Crippen LogP) is 3.84. The molecule has 1 atom stereocenters. The zero-order valence-corrected chi connectivity index (χ0v) is 12.4. The molecule has 2 aromatic rings. The van der Waals surface area contributed by atoms with Gasteiger partial charge in [0, 0.05) is 23.9 Å². The number of fused-ring (bicyclic) bond motifs is 3. The lowest BCUT2D eigenvalue weighted by molar-refractivity contribution is 0.238. The van der Waals surface area contributed by atoms with Crippen molar-refractivity contribution < 1.29 is 0 Å². The van der Waals surface area contributed by atoms with Gasteiger partial charge in [-0.1, -0.05) is 36.4 Å². The normalized spacial score (nSPS) is 23.1. The number of pyridine rings is 1. The Morgan fingerprint density at radius 3 is 2.76 bits per heavy atom. The van der Waals surface area contributed by atoms with Crippen molar-refractivity contribution in [3.05, 3.63) is 59.8 Å². The van der Waals surface area contributed by atoms with E-state index in [0.29, 0.717) is 5.92 Å². The number of rotatable bonds is 1. The first-order chi connectivity index (χ1) is 10.3. The van der Waals surface area contributed by atoms with Gasteiger partial charge in [0.2, 0.25) is 0 Å². The quantitative estimate of drug-likeness (QED) is 0.671. The number of hydrogen-bond acceptors (Lipinski definition) is 2. The van der Waals surface area contributed by atoms with Crippen LogP contribution in [0.15, 0.2) is 48.7 Å². The summed E-state index contributed by atoms with van der Waals surface area (Å²) in [6, 6.07) is 12.9. The highest BCUT2D eigenvalue weighted by Gasteiger charge is 2.25. The van der Waals surface area contributed by atoms with E-state index in [2.05, 4.69) is 53.3 Å². The molecule has 2 heteroatoms. The molecule has 1 fully saturated rings. The number of piperidine rings is 1. The number of likely N-dealkylation sites (tertiary alicyclic amines) is 1. The summed E-state index contributed by atoms with van der Waals surface area (Å²) in [4.78, 5) is 7.05. The Morgan fingerprint density at radius 1 is 1.10 bits per heavy atom. The van der Waals surface area contributed by atoms with E-state index in [-0.39, 0.29) is 0 Å². The largest absolute Gasteiger partial charge is 0.306 e. The van der Waals surface area contributed by atoms with E-state index in [1.54, 1.807) is 0 Å². The first-order valence-electron chi connectivity index (χ1n) is 7.78. The lowest BCUT2D eigenvalue weighted by Crippen LogP contribution is -2.31. The average Bonchev–Trinajstić information content (AvgIpc) is 2.83. The van der Waals surface area contributed by atoms with Crippen molar-refractivity contribution in [1.82, 2.24) is 9.88 Å². The van der Waals surface area contributed by atoms with Crippen molar-refractivity contribution in [3.8, 4) is 11.3 Å². The van der Waals surface area contributed by atoms with Crippen LogP contribution in [0.1, 0.15) is 24.0 Å². The van der Waals surface area contributed by atoms with Crippen LogP contribution in [0.4, 0.5) is 0 Å². The third-order valence-corrected chi connectivity index (χ3v) is 4.63. The topological polar surface area (TPSA) is 16.1 Å². The van der Waals surface area contributed by atoms with Crippen LogP contribution in [-0.2, 0) is 0 Å². The van der Waals surface area contributed by atoms with E-state index in [4.69, 9.17) is 0 Å². The highest BCUT2D eigenvalue weighted by Crippen LogP contribution is 2.43. The van der Waals surface area contributed by atoms with E-state index in [1.165, 1.54) is 48.2 Å². The highest BCUT2D eigenvalue weighted by molar-refractivity contribution is 5.99. The molecule has 0 saturated carbocycles. The fourth-order valence-corrected chi connectivity index (χ4v) is 3.66. The van der Waals surface area contributed by atoms with Crippen molar-refractivity contribution in [2.45, 2.75) is 12.8 Å². The summed E-state index contributed by atoms with van der Waals surface area (Å²) < 4.78 is 0. The second kappa shape index (κ2) is 5.12. The van der Waals surface area contributed by atoms with Crippen LogP contribution in [0, 0.1) is 5.92 Å². The summed E-state index contributed by atoms with van der Waals surface area (Å²) >= 11 is 0. The van der Waals surface area contributed by atoms with Crippen LogP contribution in [-0.4, -0.2) is 30.0 Å². The molecule has 1 unspecified atom stereocenters. The van der Waals surface area contributed by atoms with Gasteiger partial charge in [0.25, 0.3) is 0 Å². The van der Waals surface area contributed by atoms with Crippen LogP contribution in [0.2, 0.25) is 0 Å². The number of benzene rings is 1. The molecule has 1 aromatic heterocycles. The van der Waals surface area contributed by atoms with Crippen LogP contribution in [0.25, 0.3) is 16.8 Å². The number of aromatic nitrogens is 1. The first-order valence-corrected chi connectivity index (χ1v) is 7.78. The maximum absolute atomic E-state index is 4.61. The van der Waals surface area contributed by atoms with E-state index in [1.807, 2.05) is 12.3 Å². The highest BCUT2D eigenvalue weighted by atomic mass is 15.1. The summed E-state index contributed by atoms with van der Waals surface area (Å²) in [5, 5.41) is 0. The SMILES string of the molecule is CN1CCCC(C=C2c3ccccc3-c3ncccc32)C1. The Morgan fingerprint density at radius 2 is 1.90 bits per heavy atom. The summed E-state index contributed by atoms with van der Waals surface area (Å²) in [6.07, 6.45) is 6.98. The molecule has 0 radical (unpaired) electrons. The fraction of sp³-hybridized carbons (Fsp3) is 0.316. The van der Waals surface area contributed by atoms with Gasteiger partial charge in [-0.25, -0.2) is 0 Å². The van der Waals surface area contributed by atoms with Gasteiger partial charge in [-0.3, -0.25) is 4.98 Å². The van der Waals surface area contributed by atoms with Crippen LogP contribution < -0.4 is 0 Å². The summed E-state index contributed by atoms with van der Waals surface area (Å²) in [5.74, 6) is 0.651. The van der Waals surface area contributed by atoms with Crippen molar-refractivity contribution in [2.24, 2.45) is 5.92 Å². The van der Waals surface area contributed by atoms with Crippen LogP contribution in [0.3, 0.4) is 0 Å². The zero-order chi connectivity index (χ0) is 14.2. The third kappa shape index (κ3) is 2.20. The summed E-state index contributed by atoms with van der Waals surface area (Å²) in [6.45, 7) is 2.40. The standard InChI is InChI=1S/C19H20N2/c1-21-11-5-6-14(13-21)12-18-15-7-2-3-8-16(15)19-17(18)9-4-10-20-19/h2-4,7-10,12,14H,5-6,11,13H2,1H3. The minimum atomic E-state index is 0.651. The molecule has 0 N–H and O–H groups in total. The molecule has 0 spiro atoms. The lowest BCUT2D eigenvalue weighted by atomic mass is 9.93.